The Labute approximate surface area is 154 Å². The van der Waals surface area contributed by atoms with E-state index in [1.807, 2.05) is 0 Å². The highest BCUT2D eigenvalue weighted by molar-refractivity contribution is 7.10. The van der Waals surface area contributed by atoms with Crippen LogP contribution in [0.15, 0.2) is 16.4 Å². The first-order chi connectivity index (χ1) is 12.2. The highest BCUT2D eigenvalue weighted by atomic mass is 32.1. The van der Waals surface area contributed by atoms with Gasteiger partial charge in [-0.05, 0) is 43.2 Å². The Morgan fingerprint density at radius 2 is 2.12 bits per heavy atom. The molecular weight excluding hydrogens is 332 g/mol. The second kappa shape index (κ2) is 8.70. The molecule has 1 aromatic rings. The molecule has 138 valence electrons. The zero-order valence-corrected chi connectivity index (χ0v) is 16.2. The van der Waals surface area contributed by atoms with Crippen LogP contribution in [0.1, 0.15) is 49.0 Å². The number of carbonyl (C=O) groups is 1. The van der Waals surface area contributed by atoms with Gasteiger partial charge < -0.3 is 15.5 Å². The molecule has 1 aliphatic carbocycles. The van der Waals surface area contributed by atoms with Gasteiger partial charge in [-0.2, -0.15) is 0 Å². The summed E-state index contributed by atoms with van der Waals surface area (Å²) in [5, 5.41) is 9.00. The summed E-state index contributed by atoms with van der Waals surface area (Å²) in [6, 6.07) is 2.44. The van der Waals surface area contributed by atoms with Crippen molar-refractivity contribution in [1.29, 1.82) is 0 Å². The summed E-state index contributed by atoms with van der Waals surface area (Å²) < 4.78 is 0. The molecule has 5 nitrogen and oxygen atoms in total. The zero-order chi connectivity index (χ0) is 17.6. The monoisotopic (exact) mass is 362 g/mol. The highest BCUT2D eigenvalue weighted by Gasteiger charge is 2.31. The summed E-state index contributed by atoms with van der Waals surface area (Å²) in [5.74, 6) is 1.47. The van der Waals surface area contributed by atoms with Gasteiger partial charge in [-0.3, -0.25) is 9.79 Å². The van der Waals surface area contributed by atoms with Crippen molar-refractivity contribution < 1.29 is 4.79 Å². The lowest BCUT2D eigenvalue weighted by Gasteiger charge is -2.26. The number of hydrogen-bond acceptors (Lipinski definition) is 3. The van der Waals surface area contributed by atoms with E-state index in [2.05, 4.69) is 38.9 Å². The number of aryl methyl sites for hydroxylation is 1. The molecule has 0 bridgehead atoms. The summed E-state index contributed by atoms with van der Waals surface area (Å²) in [5.41, 5.74) is 1.32. The molecule has 1 amide bonds. The van der Waals surface area contributed by atoms with Crippen molar-refractivity contribution in [2.75, 3.05) is 20.1 Å². The molecule has 1 aliphatic heterocycles. The molecule has 25 heavy (non-hydrogen) atoms. The first-order valence-corrected chi connectivity index (χ1v) is 10.3. The molecule has 1 aromatic heterocycles. The zero-order valence-electron chi connectivity index (χ0n) is 15.4. The van der Waals surface area contributed by atoms with Crippen LogP contribution < -0.4 is 10.6 Å². The summed E-state index contributed by atoms with van der Waals surface area (Å²) in [7, 11) is 1.80. The van der Waals surface area contributed by atoms with Gasteiger partial charge in [0, 0.05) is 37.0 Å². The minimum atomic E-state index is 0.270. The fourth-order valence-corrected chi connectivity index (χ4v) is 4.67. The van der Waals surface area contributed by atoms with Gasteiger partial charge in [0.05, 0.1) is 6.54 Å². The Bertz CT molecular complexity index is 606. The van der Waals surface area contributed by atoms with Crippen molar-refractivity contribution in [3.8, 4) is 0 Å². The molecule has 0 radical (unpaired) electrons. The molecule has 6 heteroatoms. The molecule has 2 aliphatic rings. The number of nitrogens with one attached hydrogen (secondary N) is 2. The van der Waals surface area contributed by atoms with E-state index in [0.29, 0.717) is 11.9 Å². The normalized spacial score (nSPS) is 22.2. The van der Waals surface area contributed by atoms with Crippen LogP contribution in [-0.2, 0) is 11.3 Å². The van der Waals surface area contributed by atoms with Crippen molar-refractivity contribution in [1.82, 2.24) is 15.5 Å². The van der Waals surface area contributed by atoms with E-state index >= 15 is 0 Å². The van der Waals surface area contributed by atoms with E-state index in [1.54, 1.807) is 18.4 Å². The van der Waals surface area contributed by atoms with Gasteiger partial charge in [0.15, 0.2) is 5.96 Å². The number of carbonyl (C=O) groups excluding carboxylic acids is 1. The third kappa shape index (κ3) is 4.75. The number of aliphatic imine (C=N–C) groups is 1. The van der Waals surface area contributed by atoms with Crippen LogP contribution in [0.3, 0.4) is 0 Å². The Morgan fingerprint density at radius 1 is 1.32 bits per heavy atom. The third-order valence-electron chi connectivity index (χ3n) is 5.40. The van der Waals surface area contributed by atoms with Gasteiger partial charge in [0.2, 0.25) is 5.91 Å². The minimum absolute atomic E-state index is 0.270. The fourth-order valence-electron chi connectivity index (χ4n) is 3.82. The van der Waals surface area contributed by atoms with Crippen LogP contribution in [0.5, 0.6) is 0 Å². The Morgan fingerprint density at radius 3 is 2.80 bits per heavy atom. The maximum atomic E-state index is 12.7. The SMILES string of the molecule is CN=C(NCc1sccc1C)NC1CCN(C(=O)C2CCCCC2)C1. The minimum Gasteiger partial charge on any atom is -0.352 e. The van der Waals surface area contributed by atoms with Crippen molar-refractivity contribution in [2.45, 2.75) is 58.0 Å². The molecule has 1 unspecified atom stereocenters. The van der Waals surface area contributed by atoms with Gasteiger partial charge in [0.25, 0.3) is 0 Å². The summed E-state index contributed by atoms with van der Waals surface area (Å²) in [6.07, 6.45) is 6.87. The number of likely N-dealkylation sites (tertiary alicyclic amines) is 1. The van der Waals surface area contributed by atoms with Crippen LogP contribution in [0, 0.1) is 12.8 Å². The van der Waals surface area contributed by atoms with Gasteiger partial charge in [-0.25, -0.2) is 0 Å². The smallest absolute Gasteiger partial charge is 0.225 e. The topological polar surface area (TPSA) is 56.7 Å². The second-order valence-electron chi connectivity index (χ2n) is 7.20. The summed E-state index contributed by atoms with van der Waals surface area (Å²) in [4.78, 5) is 20.4. The van der Waals surface area contributed by atoms with Crippen LogP contribution in [0.4, 0.5) is 0 Å². The quantitative estimate of drug-likeness (QED) is 0.640. The van der Waals surface area contributed by atoms with E-state index < -0.39 is 0 Å². The molecule has 3 rings (SSSR count). The number of thiophene rings is 1. The Kier molecular flexibility index (Phi) is 6.34. The lowest BCUT2D eigenvalue weighted by atomic mass is 9.88. The number of amides is 1. The standard InChI is InChI=1S/C19H30N4OS/c1-14-9-11-25-17(14)12-21-19(20-2)22-16-8-10-23(13-16)18(24)15-6-4-3-5-7-15/h9,11,15-16H,3-8,10,12-13H2,1-2H3,(H2,20,21,22). The van der Waals surface area contributed by atoms with Crippen molar-refractivity contribution >= 4 is 23.2 Å². The average molecular weight is 363 g/mol. The summed E-state index contributed by atoms with van der Waals surface area (Å²) in [6.45, 7) is 4.60. The van der Waals surface area contributed by atoms with Crippen LogP contribution in [0.2, 0.25) is 0 Å². The van der Waals surface area contributed by atoms with Crippen LogP contribution in [0.25, 0.3) is 0 Å². The van der Waals surface area contributed by atoms with E-state index in [1.165, 1.54) is 29.7 Å². The van der Waals surface area contributed by atoms with Crippen LogP contribution >= 0.6 is 11.3 Å². The molecule has 1 saturated carbocycles. The number of hydrogen-bond donors (Lipinski definition) is 2. The van der Waals surface area contributed by atoms with E-state index in [4.69, 9.17) is 0 Å². The maximum absolute atomic E-state index is 12.7. The molecule has 2 N–H and O–H groups in total. The average Bonchev–Trinajstić information content (AvgIpc) is 3.27. The van der Waals surface area contributed by atoms with E-state index in [9.17, 15) is 4.79 Å². The second-order valence-corrected chi connectivity index (χ2v) is 8.20. The Hall–Kier alpha value is -1.56. The molecule has 2 fully saturated rings. The number of rotatable bonds is 4. The molecule has 2 heterocycles. The fraction of sp³-hybridized carbons (Fsp3) is 0.684. The largest absolute Gasteiger partial charge is 0.352 e. The van der Waals surface area contributed by atoms with Gasteiger partial charge >= 0.3 is 0 Å². The van der Waals surface area contributed by atoms with Crippen molar-refractivity contribution in [3.05, 3.63) is 21.9 Å². The molecular formula is C19H30N4OS. The lowest BCUT2D eigenvalue weighted by molar-refractivity contribution is -0.135. The molecule has 1 saturated heterocycles. The third-order valence-corrected chi connectivity index (χ3v) is 6.43. The molecule has 0 aromatic carbocycles. The predicted octanol–water partition coefficient (Wildman–Crippen LogP) is 2.90. The van der Waals surface area contributed by atoms with Crippen LogP contribution in [-0.4, -0.2) is 42.9 Å². The summed E-state index contributed by atoms with van der Waals surface area (Å²) >= 11 is 1.77. The van der Waals surface area contributed by atoms with E-state index in [-0.39, 0.29) is 5.92 Å². The van der Waals surface area contributed by atoms with Crippen molar-refractivity contribution in [3.63, 3.8) is 0 Å². The van der Waals surface area contributed by atoms with Gasteiger partial charge in [0.1, 0.15) is 0 Å². The van der Waals surface area contributed by atoms with E-state index in [0.717, 1.165) is 44.9 Å². The van der Waals surface area contributed by atoms with Gasteiger partial charge in [-0.1, -0.05) is 19.3 Å². The molecule has 0 spiro atoms. The number of guanidine groups is 1. The first-order valence-electron chi connectivity index (χ1n) is 9.46. The van der Waals surface area contributed by atoms with Crippen molar-refractivity contribution in [2.24, 2.45) is 10.9 Å². The maximum Gasteiger partial charge on any atom is 0.225 e. The Balaban J connectivity index is 1.46. The molecule has 1 atom stereocenters. The predicted molar refractivity (Wildman–Crippen MR) is 104 cm³/mol. The first kappa shape index (κ1) is 18.2. The van der Waals surface area contributed by atoms with Gasteiger partial charge in [-0.15, -0.1) is 11.3 Å². The lowest BCUT2D eigenvalue weighted by Crippen LogP contribution is -2.45. The number of nitrogens with zero attached hydrogens (tertiary/aromatic N) is 2. The highest BCUT2D eigenvalue weighted by Crippen LogP contribution is 2.26.